The topological polar surface area (TPSA) is 29.5 Å². The van der Waals surface area contributed by atoms with Gasteiger partial charge in [-0.05, 0) is 54.7 Å². The maximum atomic E-state index is 11.4. The predicted molar refractivity (Wildman–Crippen MR) is 154 cm³/mol. The Morgan fingerprint density at radius 1 is 0.971 bits per heavy atom. The number of benzene rings is 1. The summed E-state index contributed by atoms with van der Waals surface area (Å²) in [6, 6.07) is 10.7. The molecule has 2 aromatic rings. The molecule has 0 saturated carbocycles. The average Bonchev–Trinajstić information content (AvgIpc) is 3.17. The molecular formula is C29H43NO2SSi. The van der Waals surface area contributed by atoms with Crippen LogP contribution in [0.4, 0.5) is 5.69 Å². The van der Waals surface area contributed by atoms with E-state index in [1.807, 2.05) is 18.2 Å². The lowest BCUT2D eigenvalue weighted by molar-refractivity contribution is 0.112. The minimum atomic E-state index is -1.97. The number of carbonyl (C=O) groups is 1. The molecular weight excluding hydrogens is 454 g/mol. The molecule has 0 amide bonds. The van der Waals surface area contributed by atoms with Crippen LogP contribution in [0.2, 0.25) is 18.1 Å². The largest absolute Gasteiger partial charge is 0.543 e. The molecule has 0 unspecified atom stereocenters. The van der Waals surface area contributed by atoms with Crippen LogP contribution in [0.15, 0.2) is 42.5 Å². The highest BCUT2D eigenvalue weighted by Gasteiger charge is 2.39. The second-order valence-electron chi connectivity index (χ2n) is 10.4. The van der Waals surface area contributed by atoms with Crippen LogP contribution in [0, 0.1) is 0 Å². The fourth-order valence-corrected chi connectivity index (χ4v) is 5.18. The van der Waals surface area contributed by atoms with Gasteiger partial charge >= 0.3 is 0 Å². The van der Waals surface area contributed by atoms with Crippen molar-refractivity contribution >= 4 is 43.8 Å². The van der Waals surface area contributed by atoms with Gasteiger partial charge in [0, 0.05) is 24.8 Å². The van der Waals surface area contributed by atoms with E-state index in [1.54, 1.807) is 0 Å². The normalized spacial score (nSPS) is 12.6. The number of carbonyl (C=O) groups excluding carboxylic acids is 1. The average molecular weight is 498 g/mol. The minimum Gasteiger partial charge on any atom is -0.543 e. The molecule has 0 radical (unpaired) electrons. The molecule has 1 aromatic carbocycles. The van der Waals surface area contributed by atoms with Crippen LogP contribution in [0.5, 0.6) is 5.75 Å². The summed E-state index contributed by atoms with van der Waals surface area (Å²) in [7, 11) is -1.97. The van der Waals surface area contributed by atoms with E-state index in [9.17, 15) is 4.79 Å². The van der Waals surface area contributed by atoms with Gasteiger partial charge in [-0.15, -0.1) is 11.3 Å². The van der Waals surface area contributed by atoms with Crippen LogP contribution in [-0.2, 0) is 0 Å². The molecule has 0 N–H and O–H groups in total. The van der Waals surface area contributed by atoms with Gasteiger partial charge in [0.1, 0.15) is 5.75 Å². The van der Waals surface area contributed by atoms with Gasteiger partial charge in [-0.25, -0.2) is 0 Å². The number of nitrogens with zero attached hydrogens (tertiary/aromatic N) is 1. The summed E-state index contributed by atoms with van der Waals surface area (Å²) in [6.07, 6.45) is 14.0. The molecule has 1 aromatic heterocycles. The maximum absolute atomic E-state index is 11.4. The summed E-state index contributed by atoms with van der Waals surface area (Å²) in [5.74, 6) is 0.826. The molecule has 0 saturated heterocycles. The molecule has 34 heavy (non-hydrogen) atoms. The lowest BCUT2D eigenvalue weighted by atomic mass is 10.1. The highest BCUT2D eigenvalue weighted by atomic mass is 32.1. The number of hydrogen-bond acceptors (Lipinski definition) is 4. The van der Waals surface area contributed by atoms with Crippen LogP contribution in [0.1, 0.15) is 80.4 Å². The van der Waals surface area contributed by atoms with E-state index in [2.05, 4.69) is 89.0 Å². The Bertz CT molecular complexity index is 944. The number of aldehydes is 1. The number of rotatable bonds is 13. The molecule has 0 atom stereocenters. The van der Waals surface area contributed by atoms with Gasteiger partial charge in [-0.1, -0.05) is 77.8 Å². The second-order valence-corrected chi connectivity index (χ2v) is 16.2. The van der Waals surface area contributed by atoms with Gasteiger partial charge < -0.3 is 9.33 Å². The van der Waals surface area contributed by atoms with E-state index in [-0.39, 0.29) is 5.04 Å². The van der Waals surface area contributed by atoms with Gasteiger partial charge in [0.2, 0.25) is 0 Å². The SMILES string of the molecule is CCCCN(CCCC)c1ccc(/C=C/C=C/c2sc(C=O)cc2O[Si](C)(C)C(C)(C)C)cc1. The van der Waals surface area contributed by atoms with Crippen molar-refractivity contribution in [3.05, 3.63) is 57.8 Å². The molecule has 0 aliphatic carbocycles. The molecule has 0 bridgehead atoms. The van der Waals surface area contributed by atoms with E-state index in [4.69, 9.17) is 4.43 Å². The molecule has 1 heterocycles. The third-order valence-electron chi connectivity index (χ3n) is 6.50. The summed E-state index contributed by atoms with van der Waals surface area (Å²) in [5.41, 5.74) is 2.49. The van der Waals surface area contributed by atoms with Gasteiger partial charge in [-0.2, -0.15) is 0 Å². The summed E-state index contributed by atoms with van der Waals surface area (Å²) in [5, 5.41) is 0.103. The predicted octanol–water partition coefficient (Wildman–Crippen LogP) is 9.08. The fraction of sp³-hybridized carbons (Fsp3) is 0.483. The highest BCUT2D eigenvalue weighted by molar-refractivity contribution is 7.14. The highest BCUT2D eigenvalue weighted by Crippen LogP contribution is 2.40. The molecule has 0 aliphatic heterocycles. The molecule has 3 nitrogen and oxygen atoms in total. The number of unbranched alkanes of at least 4 members (excludes halogenated alkanes) is 2. The zero-order valence-corrected chi connectivity index (χ0v) is 24.0. The van der Waals surface area contributed by atoms with E-state index in [0.29, 0.717) is 4.88 Å². The zero-order valence-electron chi connectivity index (χ0n) is 22.2. The third kappa shape index (κ3) is 8.28. The minimum absolute atomic E-state index is 0.103. The van der Waals surface area contributed by atoms with Gasteiger partial charge in [0.15, 0.2) is 6.29 Å². The Morgan fingerprint density at radius 3 is 2.09 bits per heavy atom. The van der Waals surface area contributed by atoms with Crippen molar-refractivity contribution in [1.82, 2.24) is 0 Å². The van der Waals surface area contributed by atoms with Gasteiger partial charge in [-0.3, -0.25) is 4.79 Å². The molecule has 186 valence electrons. The van der Waals surface area contributed by atoms with Crippen LogP contribution < -0.4 is 9.33 Å². The summed E-state index contributed by atoms with van der Waals surface area (Å²) in [6.45, 7) is 17.9. The molecule has 0 spiro atoms. The number of anilines is 1. The van der Waals surface area contributed by atoms with Crippen molar-refractivity contribution < 1.29 is 9.22 Å². The Morgan fingerprint density at radius 2 is 1.56 bits per heavy atom. The number of allylic oxidation sites excluding steroid dienone is 2. The maximum Gasteiger partial charge on any atom is 0.250 e. The summed E-state index contributed by atoms with van der Waals surface area (Å²) >= 11 is 1.48. The van der Waals surface area contributed by atoms with E-state index in [0.717, 1.165) is 30.0 Å². The monoisotopic (exact) mass is 497 g/mol. The first-order valence-electron chi connectivity index (χ1n) is 12.6. The van der Waals surface area contributed by atoms with Crippen molar-refractivity contribution in [2.45, 2.75) is 78.4 Å². The van der Waals surface area contributed by atoms with Gasteiger partial charge in [0.25, 0.3) is 8.32 Å². The van der Waals surface area contributed by atoms with Crippen molar-refractivity contribution in [2.24, 2.45) is 0 Å². The fourth-order valence-electron chi connectivity index (χ4n) is 3.26. The van der Waals surface area contributed by atoms with Crippen molar-refractivity contribution in [3.8, 4) is 5.75 Å². The lowest BCUT2D eigenvalue weighted by Crippen LogP contribution is -2.43. The third-order valence-corrected chi connectivity index (χ3v) is 11.8. The summed E-state index contributed by atoms with van der Waals surface area (Å²) < 4.78 is 6.50. The second kappa shape index (κ2) is 13.1. The Labute approximate surface area is 212 Å². The molecule has 0 aliphatic rings. The zero-order chi connectivity index (χ0) is 25.2. The first kappa shape index (κ1) is 28.1. The molecule has 2 rings (SSSR count). The first-order valence-corrected chi connectivity index (χ1v) is 16.3. The summed E-state index contributed by atoms with van der Waals surface area (Å²) in [4.78, 5) is 15.6. The van der Waals surface area contributed by atoms with Crippen LogP contribution in [0.3, 0.4) is 0 Å². The first-order chi connectivity index (χ1) is 16.1. The number of hydrogen-bond donors (Lipinski definition) is 0. The van der Waals surface area contributed by atoms with Crippen molar-refractivity contribution in [1.29, 1.82) is 0 Å². The van der Waals surface area contributed by atoms with E-state index < -0.39 is 8.32 Å². The molecule has 0 fully saturated rings. The standard InChI is InChI=1S/C29H43NO2SSi/c1-8-10-20-30(21-11-9-2)25-18-16-24(17-19-25)14-12-13-15-28-27(22-26(23-31)33-28)32-34(6,7)29(3,4)5/h12-19,22-23H,8-11,20-21H2,1-7H3/b14-12+,15-13+. The Balaban J connectivity index is 2.10. The van der Waals surface area contributed by atoms with Gasteiger partial charge in [0.05, 0.1) is 9.75 Å². The van der Waals surface area contributed by atoms with Crippen LogP contribution in [0.25, 0.3) is 12.2 Å². The van der Waals surface area contributed by atoms with Crippen LogP contribution in [-0.4, -0.2) is 27.7 Å². The van der Waals surface area contributed by atoms with E-state index in [1.165, 1.54) is 48.3 Å². The van der Waals surface area contributed by atoms with Crippen molar-refractivity contribution in [2.75, 3.05) is 18.0 Å². The van der Waals surface area contributed by atoms with Crippen LogP contribution >= 0.6 is 11.3 Å². The van der Waals surface area contributed by atoms with E-state index >= 15 is 0 Å². The Kier molecular flexibility index (Phi) is 10.8. The van der Waals surface area contributed by atoms with Crippen molar-refractivity contribution in [3.63, 3.8) is 0 Å². The smallest absolute Gasteiger partial charge is 0.250 e. The number of thiophene rings is 1. The quantitative estimate of drug-likeness (QED) is 0.157. The Hall–Kier alpha value is -2.11. The molecule has 5 heteroatoms. The lowest BCUT2D eigenvalue weighted by Gasteiger charge is -2.36.